The molecule has 0 unspecified atom stereocenters. The Morgan fingerprint density at radius 3 is 2.78 bits per heavy atom. The average molecular weight is 326 g/mol. The number of halogens is 3. The molecule has 2 heterocycles. The van der Waals surface area contributed by atoms with Crippen LogP contribution < -0.4 is 16.2 Å². The van der Waals surface area contributed by atoms with E-state index in [1.807, 2.05) is 11.1 Å². The van der Waals surface area contributed by atoms with E-state index in [9.17, 15) is 22.8 Å². The lowest BCUT2D eigenvalue weighted by Crippen LogP contribution is -2.32. The highest BCUT2D eigenvalue weighted by atomic mass is 19.4. The Morgan fingerprint density at radius 1 is 1.35 bits per heavy atom. The van der Waals surface area contributed by atoms with E-state index in [0.29, 0.717) is 18.7 Å². The SMILES string of the molecule is O=C(NCCc1cccnc1)Nc1cc(C(F)(F)F)c[nH]c1=O. The molecule has 2 amide bonds. The Balaban J connectivity index is 1.94. The number of alkyl halides is 3. The van der Waals surface area contributed by atoms with E-state index in [2.05, 4.69) is 15.6 Å². The van der Waals surface area contributed by atoms with Crippen LogP contribution in [0.1, 0.15) is 11.1 Å². The van der Waals surface area contributed by atoms with Gasteiger partial charge in [0.05, 0.1) is 5.56 Å². The summed E-state index contributed by atoms with van der Waals surface area (Å²) in [4.78, 5) is 28.9. The monoisotopic (exact) mass is 326 g/mol. The van der Waals surface area contributed by atoms with E-state index >= 15 is 0 Å². The Kier molecular flexibility index (Phi) is 4.99. The quantitative estimate of drug-likeness (QED) is 0.804. The predicted molar refractivity (Wildman–Crippen MR) is 77.0 cm³/mol. The van der Waals surface area contributed by atoms with E-state index in [4.69, 9.17) is 0 Å². The molecule has 9 heteroatoms. The summed E-state index contributed by atoms with van der Waals surface area (Å²) in [5.74, 6) is 0. The molecule has 0 atom stereocenters. The molecule has 0 fully saturated rings. The number of hydrogen-bond acceptors (Lipinski definition) is 3. The van der Waals surface area contributed by atoms with Gasteiger partial charge >= 0.3 is 12.2 Å². The largest absolute Gasteiger partial charge is 0.417 e. The van der Waals surface area contributed by atoms with Crippen LogP contribution in [0.2, 0.25) is 0 Å². The highest BCUT2D eigenvalue weighted by molar-refractivity contribution is 5.89. The molecule has 0 bridgehead atoms. The number of hydrogen-bond donors (Lipinski definition) is 3. The van der Waals surface area contributed by atoms with Crippen LogP contribution in [0.5, 0.6) is 0 Å². The van der Waals surface area contributed by atoms with Gasteiger partial charge in [-0.2, -0.15) is 13.2 Å². The fourth-order valence-electron chi connectivity index (χ4n) is 1.77. The summed E-state index contributed by atoms with van der Waals surface area (Å²) in [5, 5.41) is 4.55. The van der Waals surface area contributed by atoms with Gasteiger partial charge in [-0.15, -0.1) is 0 Å². The van der Waals surface area contributed by atoms with Gasteiger partial charge in [-0.25, -0.2) is 4.79 Å². The molecule has 23 heavy (non-hydrogen) atoms. The third-order valence-electron chi connectivity index (χ3n) is 2.90. The molecule has 0 spiro atoms. The lowest BCUT2D eigenvalue weighted by atomic mass is 10.2. The highest BCUT2D eigenvalue weighted by Gasteiger charge is 2.31. The molecule has 2 aromatic heterocycles. The van der Waals surface area contributed by atoms with E-state index in [1.54, 1.807) is 18.5 Å². The van der Waals surface area contributed by atoms with Gasteiger partial charge in [-0.3, -0.25) is 9.78 Å². The molecule has 0 radical (unpaired) electrons. The lowest BCUT2D eigenvalue weighted by molar-refractivity contribution is -0.137. The Labute approximate surface area is 128 Å². The maximum absolute atomic E-state index is 12.6. The maximum Gasteiger partial charge on any atom is 0.417 e. The number of aromatic nitrogens is 2. The van der Waals surface area contributed by atoms with Crippen molar-refractivity contribution in [2.75, 3.05) is 11.9 Å². The summed E-state index contributed by atoms with van der Waals surface area (Å²) in [6.07, 6.45) is -0.313. The van der Waals surface area contributed by atoms with Crippen LogP contribution in [0, 0.1) is 0 Å². The number of H-pyrrole nitrogens is 1. The van der Waals surface area contributed by atoms with Gasteiger partial charge < -0.3 is 15.6 Å². The van der Waals surface area contributed by atoms with Crippen molar-refractivity contribution < 1.29 is 18.0 Å². The fraction of sp³-hybridized carbons (Fsp3) is 0.214. The normalized spacial score (nSPS) is 11.1. The van der Waals surface area contributed by atoms with Crippen LogP contribution >= 0.6 is 0 Å². The number of carbonyl (C=O) groups is 1. The second-order valence-corrected chi connectivity index (χ2v) is 4.62. The third kappa shape index (κ3) is 4.83. The topological polar surface area (TPSA) is 86.9 Å². The molecule has 0 saturated carbocycles. The van der Waals surface area contributed by atoms with Crippen LogP contribution in [0.25, 0.3) is 0 Å². The number of aromatic amines is 1. The molecule has 0 aliphatic carbocycles. The molecule has 0 aliphatic heterocycles. The first-order valence-corrected chi connectivity index (χ1v) is 6.60. The Hall–Kier alpha value is -2.84. The smallest absolute Gasteiger partial charge is 0.338 e. The van der Waals surface area contributed by atoms with E-state index in [-0.39, 0.29) is 6.54 Å². The minimum atomic E-state index is -4.61. The number of rotatable bonds is 4. The summed E-state index contributed by atoms with van der Waals surface area (Å²) < 4.78 is 37.7. The minimum Gasteiger partial charge on any atom is -0.338 e. The maximum atomic E-state index is 12.6. The number of urea groups is 1. The number of carbonyl (C=O) groups excluding carboxylic acids is 1. The third-order valence-corrected chi connectivity index (χ3v) is 2.90. The molecule has 2 rings (SSSR count). The molecule has 0 aliphatic rings. The van der Waals surface area contributed by atoms with Crippen LogP contribution in [0.4, 0.5) is 23.7 Å². The Morgan fingerprint density at radius 2 is 2.13 bits per heavy atom. The van der Waals surface area contributed by atoms with Gasteiger partial charge in [0.1, 0.15) is 5.69 Å². The van der Waals surface area contributed by atoms with Gasteiger partial charge in [-0.05, 0) is 24.1 Å². The number of amides is 2. The summed E-state index contributed by atoms with van der Waals surface area (Å²) >= 11 is 0. The number of nitrogens with zero attached hydrogens (tertiary/aromatic N) is 1. The van der Waals surface area contributed by atoms with Gasteiger partial charge in [0.2, 0.25) is 0 Å². The molecule has 3 N–H and O–H groups in total. The van der Waals surface area contributed by atoms with Crippen molar-refractivity contribution >= 4 is 11.7 Å². The van der Waals surface area contributed by atoms with Crippen LogP contribution in [0.15, 0.2) is 41.6 Å². The number of anilines is 1. The number of nitrogens with one attached hydrogen (secondary N) is 3. The molecular formula is C14H13F3N4O2. The van der Waals surface area contributed by atoms with E-state index < -0.39 is 29.0 Å². The standard InChI is InChI=1S/C14H13F3N4O2/c15-14(16,17)10-6-11(12(22)20-8-10)21-13(23)19-5-3-9-2-1-4-18-7-9/h1-2,4,6-8H,3,5H2,(H,20,22)(H2,19,21,23). The van der Waals surface area contributed by atoms with Crippen molar-refractivity contribution in [1.82, 2.24) is 15.3 Å². The van der Waals surface area contributed by atoms with E-state index in [1.165, 1.54) is 0 Å². The van der Waals surface area contributed by atoms with Gasteiger partial charge in [0.25, 0.3) is 5.56 Å². The first-order chi connectivity index (χ1) is 10.9. The van der Waals surface area contributed by atoms with Crippen LogP contribution in [-0.2, 0) is 12.6 Å². The Bertz CT molecular complexity index is 729. The van der Waals surface area contributed by atoms with Crippen LogP contribution in [0.3, 0.4) is 0 Å². The van der Waals surface area contributed by atoms with Crippen molar-refractivity contribution in [2.45, 2.75) is 12.6 Å². The number of pyridine rings is 2. The highest BCUT2D eigenvalue weighted by Crippen LogP contribution is 2.28. The average Bonchev–Trinajstić information content (AvgIpc) is 2.49. The zero-order chi connectivity index (χ0) is 16.9. The zero-order valence-electron chi connectivity index (χ0n) is 11.8. The second-order valence-electron chi connectivity index (χ2n) is 4.62. The van der Waals surface area contributed by atoms with E-state index in [0.717, 1.165) is 5.56 Å². The first kappa shape index (κ1) is 16.5. The van der Waals surface area contributed by atoms with Gasteiger partial charge in [0.15, 0.2) is 0 Å². The van der Waals surface area contributed by atoms with Crippen molar-refractivity contribution in [1.29, 1.82) is 0 Å². The van der Waals surface area contributed by atoms with Crippen molar-refractivity contribution in [3.05, 3.63) is 58.3 Å². The van der Waals surface area contributed by atoms with Crippen LogP contribution in [-0.4, -0.2) is 22.5 Å². The second kappa shape index (κ2) is 6.95. The minimum absolute atomic E-state index is 0.244. The van der Waals surface area contributed by atoms with Crippen molar-refractivity contribution in [3.8, 4) is 0 Å². The van der Waals surface area contributed by atoms with Gasteiger partial charge in [-0.1, -0.05) is 6.07 Å². The summed E-state index contributed by atoms with van der Waals surface area (Å²) in [7, 11) is 0. The lowest BCUT2D eigenvalue weighted by Gasteiger charge is -2.10. The molecule has 122 valence electrons. The molecule has 6 nitrogen and oxygen atoms in total. The summed E-state index contributed by atoms with van der Waals surface area (Å²) in [5.41, 5.74) is -1.45. The first-order valence-electron chi connectivity index (χ1n) is 6.60. The molecule has 0 saturated heterocycles. The fourth-order valence-corrected chi connectivity index (χ4v) is 1.77. The molecular weight excluding hydrogens is 313 g/mol. The molecule has 0 aromatic carbocycles. The summed E-state index contributed by atoms with van der Waals surface area (Å²) in [6, 6.07) is 3.39. The zero-order valence-corrected chi connectivity index (χ0v) is 11.8. The predicted octanol–water partition coefficient (Wildman–Crippen LogP) is 2.15. The molecule has 2 aromatic rings. The van der Waals surface area contributed by atoms with Crippen molar-refractivity contribution in [2.24, 2.45) is 0 Å². The van der Waals surface area contributed by atoms with Crippen molar-refractivity contribution in [3.63, 3.8) is 0 Å². The summed E-state index contributed by atoms with van der Waals surface area (Å²) in [6.45, 7) is 0.244. The van der Waals surface area contributed by atoms with Gasteiger partial charge in [0, 0.05) is 25.1 Å².